The van der Waals surface area contributed by atoms with E-state index >= 15 is 0 Å². The van der Waals surface area contributed by atoms with Crippen LogP contribution in [0, 0.1) is 17.0 Å². The minimum Gasteiger partial charge on any atom is -0.330 e. The van der Waals surface area contributed by atoms with Gasteiger partial charge in [-0.05, 0) is 42.9 Å². The monoisotopic (exact) mass is 275 g/mol. The Morgan fingerprint density at radius 2 is 1.68 bits per heavy atom. The highest BCUT2D eigenvalue weighted by atomic mass is 19.3. The average molecular weight is 275 g/mol. The topological polar surface area (TPSA) is 26.0 Å². The molecule has 0 aliphatic heterocycles. The molecule has 1 aliphatic rings. The zero-order valence-corrected chi connectivity index (χ0v) is 10.6. The quantitative estimate of drug-likeness (QED) is 0.837. The highest BCUT2D eigenvalue weighted by Gasteiger charge is 2.42. The number of benzene rings is 1. The molecule has 0 heterocycles. The zero-order valence-electron chi connectivity index (χ0n) is 10.6. The maximum atomic E-state index is 13.6. The standard InChI is InChI=1S/C14H17F4N/c15-11-2-1-10(12(16)7-11)8-13(9-19)3-5-14(17,18)6-4-13/h1-2,7H,3-6,8-9,19H2. The average Bonchev–Trinajstić information content (AvgIpc) is 2.36. The molecule has 0 aromatic heterocycles. The molecule has 106 valence electrons. The molecule has 0 radical (unpaired) electrons. The number of nitrogens with two attached hydrogens (primary N) is 1. The summed E-state index contributed by atoms with van der Waals surface area (Å²) in [7, 11) is 0. The van der Waals surface area contributed by atoms with Crippen LogP contribution in [0.2, 0.25) is 0 Å². The largest absolute Gasteiger partial charge is 0.330 e. The molecule has 1 saturated carbocycles. The minimum atomic E-state index is -2.64. The van der Waals surface area contributed by atoms with Crippen LogP contribution in [-0.2, 0) is 6.42 Å². The van der Waals surface area contributed by atoms with Gasteiger partial charge in [-0.3, -0.25) is 0 Å². The fraction of sp³-hybridized carbons (Fsp3) is 0.571. The van der Waals surface area contributed by atoms with Crippen molar-refractivity contribution in [2.24, 2.45) is 11.1 Å². The van der Waals surface area contributed by atoms with Gasteiger partial charge in [0.1, 0.15) is 11.6 Å². The van der Waals surface area contributed by atoms with E-state index < -0.39 is 23.0 Å². The molecular formula is C14H17F4N. The van der Waals surface area contributed by atoms with Crippen molar-refractivity contribution in [3.05, 3.63) is 35.4 Å². The second kappa shape index (κ2) is 5.12. The maximum absolute atomic E-state index is 13.6. The highest BCUT2D eigenvalue weighted by molar-refractivity contribution is 5.20. The molecule has 1 aromatic carbocycles. The highest BCUT2D eigenvalue weighted by Crippen LogP contribution is 2.45. The Bertz CT molecular complexity index is 449. The Labute approximate surface area is 109 Å². The van der Waals surface area contributed by atoms with E-state index in [0.29, 0.717) is 5.56 Å². The van der Waals surface area contributed by atoms with Crippen molar-refractivity contribution < 1.29 is 17.6 Å². The van der Waals surface area contributed by atoms with Gasteiger partial charge < -0.3 is 5.73 Å². The molecular weight excluding hydrogens is 258 g/mol. The summed E-state index contributed by atoms with van der Waals surface area (Å²) in [5.41, 5.74) is 5.56. The Hall–Kier alpha value is -1.10. The third-order valence-corrected chi connectivity index (χ3v) is 4.06. The van der Waals surface area contributed by atoms with Gasteiger partial charge in [0.05, 0.1) is 0 Å². The summed E-state index contributed by atoms with van der Waals surface area (Å²) in [4.78, 5) is 0. The Morgan fingerprint density at radius 1 is 1.05 bits per heavy atom. The lowest BCUT2D eigenvalue weighted by atomic mass is 9.69. The molecule has 1 nitrogen and oxygen atoms in total. The van der Waals surface area contributed by atoms with Gasteiger partial charge in [-0.15, -0.1) is 0 Å². The van der Waals surface area contributed by atoms with Gasteiger partial charge in [0.15, 0.2) is 0 Å². The van der Waals surface area contributed by atoms with E-state index in [1.54, 1.807) is 0 Å². The normalized spacial score (nSPS) is 21.3. The molecule has 1 aromatic rings. The predicted molar refractivity (Wildman–Crippen MR) is 65.0 cm³/mol. The first-order valence-electron chi connectivity index (χ1n) is 6.38. The molecule has 0 spiro atoms. The van der Waals surface area contributed by atoms with Crippen LogP contribution in [-0.4, -0.2) is 12.5 Å². The number of rotatable bonds is 3. The number of halogens is 4. The molecule has 0 unspecified atom stereocenters. The summed E-state index contributed by atoms with van der Waals surface area (Å²) in [5, 5.41) is 0. The molecule has 1 aliphatic carbocycles. The third-order valence-electron chi connectivity index (χ3n) is 4.06. The summed E-state index contributed by atoms with van der Waals surface area (Å²) in [6, 6.07) is 3.37. The summed E-state index contributed by atoms with van der Waals surface area (Å²) < 4.78 is 52.9. The third kappa shape index (κ3) is 3.26. The second-order valence-electron chi connectivity index (χ2n) is 5.47. The second-order valence-corrected chi connectivity index (χ2v) is 5.47. The first-order chi connectivity index (χ1) is 8.86. The summed E-state index contributed by atoms with van der Waals surface area (Å²) >= 11 is 0. The number of alkyl halides is 2. The minimum absolute atomic E-state index is 0.215. The lowest BCUT2D eigenvalue weighted by Gasteiger charge is -2.39. The van der Waals surface area contributed by atoms with Crippen molar-refractivity contribution >= 4 is 0 Å². The van der Waals surface area contributed by atoms with Crippen molar-refractivity contribution in [1.29, 1.82) is 0 Å². The fourth-order valence-electron chi connectivity index (χ4n) is 2.67. The summed E-state index contributed by atoms with van der Waals surface area (Å²) in [6.45, 7) is 0.236. The molecule has 0 saturated heterocycles. The van der Waals surface area contributed by atoms with E-state index in [2.05, 4.69) is 0 Å². The molecule has 2 N–H and O–H groups in total. The van der Waals surface area contributed by atoms with Gasteiger partial charge in [-0.25, -0.2) is 17.6 Å². The first kappa shape index (κ1) is 14.3. The van der Waals surface area contributed by atoms with Crippen molar-refractivity contribution in [1.82, 2.24) is 0 Å². The van der Waals surface area contributed by atoms with Crippen LogP contribution >= 0.6 is 0 Å². The maximum Gasteiger partial charge on any atom is 0.248 e. The molecule has 0 bridgehead atoms. The van der Waals surface area contributed by atoms with Gasteiger partial charge >= 0.3 is 0 Å². The predicted octanol–water partition coefficient (Wildman–Crippen LogP) is 3.66. The van der Waals surface area contributed by atoms with Crippen LogP contribution in [0.25, 0.3) is 0 Å². The molecule has 1 fully saturated rings. The van der Waals surface area contributed by atoms with Gasteiger partial charge in [0.25, 0.3) is 0 Å². The van der Waals surface area contributed by atoms with Crippen LogP contribution in [0.1, 0.15) is 31.2 Å². The lowest BCUT2D eigenvalue weighted by Crippen LogP contribution is -2.40. The number of hydrogen-bond acceptors (Lipinski definition) is 1. The van der Waals surface area contributed by atoms with Gasteiger partial charge in [0, 0.05) is 18.9 Å². The first-order valence-corrected chi connectivity index (χ1v) is 6.38. The van der Waals surface area contributed by atoms with E-state index in [4.69, 9.17) is 5.73 Å². The zero-order chi connectivity index (χ0) is 14.1. The Kier molecular flexibility index (Phi) is 3.85. The Balaban J connectivity index is 2.15. The van der Waals surface area contributed by atoms with Crippen LogP contribution in [0.4, 0.5) is 17.6 Å². The molecule has 0 amide bonds. The molecule has 5 heteroatoms. The van der Waals surface area contributed by atoms with Crippen LogP contribution in [0.3, 0.4) is 0 Å². The Morgan fingerprint density at radius 3 is 2.21 bits per heavy atom. The van der Waals surface area contributed by atoms with Gasteiger partial charge in [-0.2, -0.15) is 0 Å². The van der Waals surface area contributed by atoms with Gasteiger partial charge in [0.2, 0.25) is 5.92 Å². The number of hydrogen-bond donors (Lipinski definition) is 1. The van der Waals surface area contributed by atoms with E-state index in [1.165, 1.54) is 12.1 Å². The van der Waals surface area contributed by atoms with Crippen LogP contribution in [0.15, 0.2) is 18.2 Å². The van der Waals surface area contributed by atoms with Crippen molar-refractivity contribution in [3.8, 4) is 0 Å². The lowest BCUT2D eigenvalue weighted by molar-refractivity contribution is -0.0653. The summed E-state index contributed by atoms with van der Waals surface area (Å²) in [5.74, 6) is -3.91. The SMILES string of the molecule is NCC1(Cc2ccc(F)cc2F)CCC(F)(F)CC1. The fourth-order valence-corrected chi connectivity index (χ4v) is 2.67. The van der Waals surface area contributed by atoms with Gasteiger partial charge in [-0.1, -0.05) is 6.07 Å². The molecule has 2 rings (SSSR count). The van der Waals surface area contributed by atoms with E-state index in [9.17, 15) is 17.6 Å². The van der Waals surface area contributed by atoms with E-state index in [1.807, 2.05) is 0 Å². The van der Waals surface area contributed by atoms with Crippen molar-refractivity contribution in [3.63, 3.8) is 0 Å². The van der Waals surface area contributed by atoms with Crippen molar-refractivity contribution in [2.45, 2.75) is 38.0 Å². The van der Waals surface area contributed by atoms with Crippen LogP contribution in [0.5, 0.6) is 0 Å². The molecule has 0 atom stereocenters. The van der Waals surface area contributed by atoms with E-state index in [-0.39, 0.29) is 38.6 Å². The van der Waals surface area contributed by atoms with Crippen LogP contribution < -0.4 is 5.73 Å². The smallest absolute Gasteiger partial charge is 0.248 e. The molecule has 19 heavy (non-hydrogen) atoms. The van der Waals surface area contributed by atoms with E-state index in [0.717, 1.165) is 6.07 Å². The van der Waals surface area contributed by atoms with Crippen molar-refractivity contribution in [2.75, 3.05) is 6.54 Å². The summed E-state index contributed by atoms with van der Waals surface area (Å²) in [6.07, 6.45) is 0.395.